The van der Waals surface area contributed by atoms with Crippen molar-refractivity contribution in [2.24, 2.45) is 5.92 Å². The van der Waals surface area contributed by atoms with E-state index in [1.54, 1.807) is 11.8 Å². The minimum absolute atomic E-state index is 0.504. The predicted molar refractivity (Wildman–Crippen MR) is 78.7 cm³/mol. The largest absolute Gasteiger partial charge is 0.313 e. The van der Waals surface area contributed by atoms with E-state index in [0.29, 0.717) is 6.04 Å². The topological polar surface area (TPSA) is 12.0 Å². The van der Waals surface area contributed by atoms with E-state index in [1.807, 2.05) is 0 Å². The molecular weight excluding hydrogens is 226 g/mol. The van der Waals surface area contributed by atoms with E-state index >= 15 is 0 Å². The summed E-state index contributed by atoms with van der Waals surface area (Å²) in [4.78, 5) is 1.34. The fourth-order valence-corrected chi connectivity index (χ4v) is 2.45. The fraction of sp³-hybridized carbons (Fsp3) is 0.600. The highest BCUT2D eigenvalue weighted by molar-refractivity contribution is 7.98. The van der Waals surface area contributed by atoms with E-state index in [2.05, 4.69) is 56.7 Å². The molecule has 17 heavy (non-hydrogen) atoms. The van der Waals surface area contributed by atoms with Gasteiger partial charge in [0.2, 0.25) is 0 Å². The second kappa shape index (κ2) is 7.78. The van der Waals surface area contributed by atoms with Crippen molar-refractivity contribution in [1.29, 1.82) is 0 Å². The van der Waals surface area contributed by atoms with Crippen molar-refractivity contribution in [2.45, 2.75) is 44.0 Å². The molecule has 2 heteroatoms. The molecule has 0 amide bonds. The molecule has 0 radical (unpaired) electrons. The van der Waals surface area contributed by atoms with Crippen molar-refractivity contribution in [3.63, 3.8) is 0 Å². The van der Waals surface area contributed by atoms with Gasteiger partial charge in [0, 0.05) is 10.9 Å². The van der Waals surface area contributed by atoms with Gasteiger partial charge in [-0.15, -0.1) is 11.8 Å². The third-order valence-electron chi connectivity index (χ3n) is 3.14. The molecule has 1 N–H and O–H groups in total. The molecular formula is C15H25NS. The Morgan fingerprint density at radius 1 is 1.12 bits per heavy atom. The molecule has 1 unspecified atom stereocenters. The summed E-state index contributed by atoms with van der Waals surface area (Å²) in [6, 6.07) is 9.44. The van der Waals surface area contributed by atoms with Crippen LogP contribution in [-0.4, -0.2) is 13.3 Å². The minimum Gasteiger partial charge on any atom is -0.313 e. The number of hydrogen-bond acceptors (Lipinski definition) is 2. The van der Waals surface area contributed by atoms with Gasteiger partial charge in [-0.25, -0.2) is 0 Å². The summed E-state index contributed by atoms with van der Waals surface area (Å²) in [6.45, 7) is 4.59. The van der Waals surface area contributed by atoms with Gasteiger partial charge in [-0.1, -0.05) is 38.8 Å². The van der Waals surface area contributed by atoms with Gasteiger partial charge in [-0.05, 0) is 43.3 Å². The van der Waals surface area contributed by atoms with E-state index in [4.69, 9.17) is 0 Å². The van der Waals surface area contributed by atoms with Crippen molar-refractivity contribution in [3.05, 3.63) is 29.8 Å². The van der Waals surface area contributed by atoms with Crippen molar-refractivity contribution >= 4 is 11.8 Å². The van der Waals surface area contributed by atoms with Crippen LogP contribution in [0.4, 0.5) is 0 Å². The molecule has 1 atom stereocenters. The number of rotatable bonds is 7. The molecule has 1 nitrogen and oxygen atoms in total. The first-order valence-corrected chi connectivity index (χ1v) is 7.71. The van der Waals surface area contributed by atoms with E-state index in [0.717, 1.165) is 5.92 Å². The maximum atomic E-state index is 3.42. The Balaban J connectivity index is 2.53. The summed E-state index contributed by atoms with van der Waals surface area (Å²) in [5.74, 6) is 0.811. The summed E-state index contributed by atoms with van der Waals surface area (Å²) < 4.78 is 0. The van der Waals surface area contributed by atoms with E-state index in [9.17, 15) is 0 Å². The van der Waals surface area contributed by atoms with Crippen LogP contribution in [0, 0.1) is 5.92 Å². The minimum atomic E-state index is 0.504. The Morgan fingerprint density at radius 2 is 1.76 bits per heavy atom. The Kier molecular flexibility index (Phi) is 6.68. The first kappa shape index (κ1) is 14.6. The summed E-state index contributed by atoms with van der Waals surface area (Å²) >= 11 is 1.80. The lowest BCUT2D eigenvalue weighted by Crippen LogP contribution is -2.16. The van der Waals surface area contributed by atoms with Gasteiger partial charge in [-0.2, -0.15) is 0 Å². The summed E-state index contributed by atoms with van der Waals surface area (Å²) in [6.07, 6.45) is 5.97. The standard InChI is InChI=1S/C15H25NS/c1-12(2)6-5-7-15(16-3)13-8-10-14(17-4)11-9-13/h8-12,15-16H,5-7H2,1-4H3. The lowest BCUT2D eigenvalue weighted by atomic mass is 9.98. The molecule has 0 bridgehead atoms. The summed E-state index contributed by atoms with van der Waals surface area (Å²) in [7, 11) is 2.06. The zero-order chi connectivity index (χ0) is 12.7. The first-order valence-electron chi connectivity index (χ1n) is 6.48. The van der Waals surface area contributed by atoms with Crippen LogP contribution in [0.1, 0.15) is 44.7 Å². The second-order valence-corrected chi connectivity index (χ2v) is 5.82. The highest BCUT2D eigenvalue weighted by Gasteiger charge is 2.08. The Morgan fingerprint density at radius 3 is 2.24 bits per heavy atom. The highest BCUT2D eigenvalue weighted by atomic mass is 32.2. The molecule has 1 aromatic carbocycles. The second-order valence-electron chi connectivity index (χ2n) is 4.94. The zero-order valence-electron chi connectivity index (χ0n) is 11.5. The Labute approximate surface area is 110 Å². The molecule has 0 aliphatic heterocycles. The number of benzene rings is 1. The Hall–Kier alpha value is -0.470. The average molecular weight is 251 g/mol. The molecule has 0 aromatic heterocycles. The third kappa shape index (κ3) is 5.13. The predicted octanol–water partition coefficient (Wildman–Crippen LogP) is 4.50. The van der Waals surface area contributed by atoms with Crippen molar-refractivity contribution in [2.75, 3.05) is 13.3 Å². The maximum Gasteiger partial charge on any atom is 0.0317 e. The first-order chi connectivity index (χ1) is 8.17. The SMILES string of the molecule is CNC(CCCC(C)C)c1ccc(SC)cc1. The van der Waals surface area contributed by atoms with Gasteiger partial charge in [0.15, 0.2) is 0 Å². The van der Waals surface area contributed by atoms with Crippen molar-refractivity contribution in [3.8, 4) is 0 Å². The van der Waals surface area contributed by atoms with Crippen molar-refractivity contribution in [1.82, 2.24) is 5.32 Å². The van der Waals surface area contributed by atoms with Crippen LogP contribution < -0.4 is 5.32 Å². The van der Waals surface area contributed by atoms with Crippen LogP contribution in [-0.2, 0) is 0 Å². The summed E-state index contributed by atoms with van der Waals surface area (Å²) in [5, 5.41) is 3.42. The number of thioether (sulfide) groups is 1. The molecule has 1 aromatic rings. The van der Waals surface area contributed by atoms with Gasteiger partial charge in [0.1, 0.15) is 0 Å². The van der Waals surface area contributed by atoms with E-state index in [-0.39, 0.29) is 0 Å². The maximum absolute atomic E-state index is 3.42. The smallest absolute Gasteiger partial charge is 0.0317 e. The van der Waals surface area contributed by atoms with Gasteiger partial charge in [-0.3, -0.25) is 0 Å². The average Bonchev–Trinajstić information content (AvgIpc) is 2.34. The molecule has 1 rings (SSSR count). The normalized spacial score (nSPS) is 13.0. The lowest BCUT2D eigenvalue weighted by molar-refractivity contribution is 0.470. The quantitative estimate of drug-likeness (QED) is 0.716. The molecule has 96 valence electrons. The molecule has 0 heterocycles. The summed E-state index contributed by atoms with van der Waals surface area (Å²) in [5.41, 5.74) is 1.41. The fourth-order valence-electron chi connectivity index (χ4n) is 2.04. The van der Waals surface area contributed by atoms with Gasteiger partial charge in [0.05, 0.1) is 0 Å². The zero-order valence-corrected chi connectivity index (χ0v) is 12.3. The van der Waals surface area contributed by atoms with Gasteiger partial charge in [0.25, 0.3) is 0 Å². The van der Waals surface area contributed by atoms with Crippen LogP contribution in [0.2, 0.25) is 0 Å². The highest BCUT2D eigenvalue weighted by Crippen LogP contribution is 2.23. The molecule has 0 fully saturated rings. The van der Waals surface area contributed by atoms with Crippen molar-refractivity contribution < 1.29 is 0 Å². The van der Waals surface area contributed by atoms with E-state index < -0.39 is 0 Å². The van der Waals surface area contributed by atoms with Crippen LogP contribution >= 0.6 is 11.8 Å². The Bertz CT molecular complexity index is 305. The molecule has 0 spiro atoms. The molecule has 0 aliphatic carbocycles. The lowest BCUT2D eigenvalue weighted by Gasteiger charge is -2.17. The molecule has 0 saturated heterocycles. The van der Waals surface area contributed by atoms with Crippen LogP contribution in [0.15, 0.2) is 29.2 Å². The van der Waals surface area contributed by atoms with Crippen LogP contribution in [0.3, 0.4) is 0 Å². The third-order valence-corrected chi connectivity index (χ3v) is 3.88. The number of hydrogen-bond donors (Lipinski definition) is 1. The van der Waals surface area contributed by atoms with Gasteiger partial charge >= 0.3 is 0 Å². The van der Waals surface area contributed by atoms with Crippen LogP contribution in [0.25, 0.3) is 0 Å². The van der Waals surface area contributed by atoms with Gasteiger partial charge < -0.3 is 5.32 Å². The molecule has 0 aliphatic rings. The monoisotopic (exact) mass is 251 g/mol. The number of nitrogens with one attached hydrogen (secondary N) is 1. The van der Waals surface area contributed by atoms with E-state index in [1.165, 1.54) is 29.7 Å². The van der Waals surface area contributed by atoms with Crippen LogP contribution in [0.5, 0.6) is 0 Å². The molecule has 0 saturated carbocycles.